The number of ether oxygens (including phenoxy) is 5. The minimum Gasteiger partial charge on any atom is -0.379 e. The van der Waals surface area contributed by atoms with Crippen molar-refractivity contribution in [1.29, 1.82) is 0 Å². The Morgan fingerprint density at radius 1 is 0.649 bits per heavy atom. The normalized spacial score (nSPS) is 12.8. The molecule has 0 saturated carbocycles. The molecule has 2 rings (SSSR count). The molecule has 0 aliphatic rings. The van der Waals surface area contributed by atoms with Crippen LogP contribution in [0.15, 0.2) is 60.7 Å². The lowest BCUT2D eigenvalue weighted by Crippen LogP contribution is -2.44. The fraction of sp³-hybridized carbons (Fsp3) is 0.600. The van der Waals surface area contributed by atoms with Crippen molar-refractivity contribution in [3.63, 3.8) is 0 Å². The van der Waals surface area contributed by atoms with Crippen molar-refractivity contribution < 1.29 is 28.1 Å². The summed E-state index contributed by atoms with van der Waals surface area (Å²) >= 11 is 0. The van der Waals surface area contributed by atoms with Crippen molar-refractivity contribution in [3.8, 4) is 0 Å². The molecule has 208 valence electrons. The van der Waals surface area contributed by atoms with E-state index in [9.17, 15) is 0 Å². The predicted molar refractivity (Wildman–Crippen MR) is 145 cm³/mol. The van der Waals surface area contributed by atoms with E-state index < -0.39 is 11.8 Å². The van der Waals surface area contributed by atoms with Gasteiger partial charge in [0.15, 0.2) is 0 Å². The largest absolute Gasteiger partial charge is 0.379 e. The molecule has 37 heavy (non-hydrogen) atoms. The van der Waals surface area contributed by atoms with Gasteiger partial charge in [-0.05, 0) is 31.4 Å². The van der Waals surface area contributed by atoms with Gasteiger partial charge in [0.05, 0.1) is 58.5 Å². The van der Waals surface area contributed by atoms with Gasteiger partial charge in [0, 0.05) is 26.2 Å². The molecular weight excluding hydrogens is 473 g/mol. The molecule has 0 amide bonds. The second kappa shape index (κ2) is 19.2. The van der Waals surface area contributed by atoms with E-state index in [1.165, 1.54) is 0 Å². The molecule has 0 N–H and O–H groups in total. The molecule has 2 aromatic rings. The predicted octanol–water partition coefficient (Wildman–Crippen LogP) is 5.30. The Labute approximate surface area is 223 Å². The van der Waals surface area contributed by atoms with Crippen LogP contribution in [0.4, 0.5) is 4.39 Å². The summed E-state index contributed by atoms with van der Waals surface area (Å²) in [4.78, 5) is 2.14. The summed E-state index contributed by atoms with van der Waals surface area (Å²) in [7, 11) is 0. The van der Waals surface area contributed by atoms with Crippen LogP contribution in [0.1, 0.15) is 38.3 Å². The highest BCUT2D eigenvalue weighted by molar-refractivity contribution is 5.17. The summed E-state index contributed by atoms with van der Waals surface area (Å²) in [6.45, 7) is 12.0. The first kappa shape index (κ1) is 31.3. The number of alkyl halides is 1. The lowest BCUT2D eigenvalue weighted by Gasteiger charge is -2.33. The van der Waals surface area contributed by atoms with E-state index in [0.29, 0.717) is 65.9 Å². The van der Waals surface area contributed by atoms with Crippen LogP contribution in [-0.4, -0.2) is 82.7 Å². The van der Waals surface area contributed by atoms with Gasteiger partial charge in [0.25, 0.3) is 0 Å². The minimum atomic E-state index is -1.16. The average molecular weight is 520 g/mol. The van der Waals surface area contributed by atoms with E-state index in [1.54, 1.807) is 13.8 Å². The number of benzene rings is 2. The monoisotopic (exact) mass is 519 g/mol. The van der Waals surface area contributed by atoms with Gasteiger partial charge in [-0.15, -0.1) is 0 Å². The van der Waals surface area contributed by atoms with Gasteiger partial charge in [-0.3, -0.25) is 4.90 Å². The smallest absolute Gasteiger partial charge is 0.141 e. The van der Waals surface area contributed by atoms with Gasteiger partial charge in [-0.25, -0.2) is 4.39 Å². The molecule has 0 bridgehead atoms. The van der Waals surface area contributed by atoms with Crippen LogP contribution in [-0.2, 0) is 36.8 Å². The number of halogens is 1. The molecular formula is C30H46FNO5. The summed E-state index contributed by atoms with van der Waals surface area (Å²) in [5, 5.41) is 0. The molecule has 0 radical (unpaired) electrons. The lowest BCUT2D eigenvalue weighted by molar-refractivity contribution is -0.0975. The van der Waals surface area contributed by atoms with Gasteiger partial charge in [-0.1, -0.05) is 67.6 Å². The van der Waals surface area contributed by atoms with Crippen molar-refractivity contribution in [3.05, 3.63) is 71.8 Å². The number of rotatable bonds is 22. The van der Waals surface area contributed by atoms with Crippen LogP contribution < -0.4 is 0 Å². The zero-order valence-corrected chi connectivity index (χ0v) is 22.9. The Morgan fingerprint density at radius 3 is 1.49 bits per heavy atom. The summed E-state index contributed by atoms with van der Waals surface area (Å²) in [6, 6.07) is 20.3. The zero-order valence-electron chi connectivity index (χ0n) is 22.9. The van der Waals surface area contributed by atoms with E-state index in [1.807, 2.05) is 36.4 Å². The average Bonchev–Trinajstić information content (AvgIpc) is 2.90. The lowest BCUT2D eigenvalue weighted by atomic mass is 10.0. The van der Waals surface area contributed by atoms with E-state index >= 15 is 4.39 Å². The van der Waals surface area contributed by atoms with Crippen LogP contribution in [0.25, 0.3) is 0 Å². The minimum absolute atomic E-state index is 0.276. The van der Waals surface area contributed by atoms with Crippen LogP contribution in [0.2, 0.25) is 0 Å². The number of nitrogens with zero attached hydrogens (tertiary/aromatic N) is 1. The van der Waals surface area contributed by atoms with Crippen LogP contribution in [0.3, 0.4) is 0 Å². The molecule has 0 saturated heterocycles. The fourth-order valence-electron chi connectivity index (χ4n) is 3.67. The highest BCUT2D eigenvalue weighted by Gasteiger charge is 2.32. The standard InChI is InChI=1S/C30H46FNO5/c1-4-15-33-16-17-34-18-19-35-20-21-36-22-23-37-30(2,3)29(31)26-32(24-27-11-7-5-8-12-27)25-28-13-9-6-10-14-28/h5-14,29H,4,15-26H2,1-3H3. The quantitative estimate of drug-likeness (QED) is 0.197. The van der Waals surface area contributed by atoms with Gasteiger partial charge < -0.3 is 23.7 Å². The molecule has 6 nitrogen and oxygen atoms in total. The van der Waals surface area contributed by atoms with Crippen LogP contribution in [0, 0.1) is 0 Å². The molecule has 1 unspecified atom stereocenters. The Hall–Kier alpha value is -1.87. The Balaban J connectivity index is 1.63. The van der Waals surface area contributed by atoms with Gasteiger partial charge in [0.2, 0.25) is 0 Å². The highest BCUT2D eigenvalue weighted by atomic mass is 19.1. The van der Waals surface area contributed by atoms with Gasteiger partial charge in [-0.2, -0.15) is 0 Å². The topological polar surface area (TPSA) is 49.4 Å². The van der Waals surface area contributed by atoms with E-state index in [-0.39, 0.29) is 6.54 Å². The van der Waals surface area contributed by atoms with Gasteiger partial charge >= 0.3 is 0 Å². The third-order valence-corrected chi connectivity index (χ3v) is 5.84. The third kappa shape index (κ3) is 14.6. The first-order valence-electron chi connectivity index (χ1n) is 13.4. The molecule has 2 aromatic carbocycles. The van der Waals surface area contributed by atoms with Gasteiger partial charge in [0.1, 0.15) is 6.17 Å². The molecule has 7 heteroatoms. The first-order chi connectivity index (χ1) is 18.0. The molecule has 0 aliphatic carbocycles. The van der Waals surface area contributed by atoms with Crippen LogP contribution >= 0.6 is 0 Å². The van der Waals surface area contributed by atoms with E-state index in [0.717, 1.165) is 24.2 Å². The van der Waals surface area contributed by atoms with Crippen molar-refractivity contribution in [2.45, 2.75) is 52.1 Å². The summed E-state index contributed by atoms with van der Waals surface area (Å²) in [5.74, 6) is 0. The fourth-order valence-corrected chi connectivity index (χ4v) is 3.67. The summed E-state index contributed by atoms with van der Waals surface area (Å²) in [6.07, 6.45) is -0.141. The molecule has 0 aromatic heterocycles. The molecule has 0 aliphatic heterocycles. The maximum Gasteiger partial charge on any atom is 0.141 e. The Kier molecular flexibility index (Phi) is 16.3. The maximum atomic E-state index is 15.5. The Bertz CT molecular complexity index is 752. The molecule has 0 heterocycles. The van der Waals surface area contributed by atoms with Crippen molar-refractivity contribution >= 4 is 0 Å². The second-order valence-electron chi connectivity index (χ2n) is 9.51. The van der Waals surface area contributed by atoms with E-state index in [4.69, 9.17) is 23.7 Å². The summed E-state index contributed by atoms with van der Waals surface area (Å²) in [5.41, 5.74) is 1.39. The SMILES string of the molecule is CCCOCCOCCOCCOCCOC(C)(C)C(F)CN(Cc1ccccc1)Cc1ccccc1. The number of hydrogen-bond acceptors (Lipinski definition) is 6. The van der Waals surface area contributed by atoms with Crippen molar-refractivity contribution in [1.82, 2.24) is 4.90 Å². The molecule has 0 spiro atoms. The third-order valence-electron chi connectivity index (χ3n) is 5.84. The maximum absolute atomic E-state index is 15.5. The first-order valence-corrected chi connectivity index (χ1v) is 13.4. The van der Waals surface area contributed by atoms with E-state index in [2.05, 4.69) is 36.1 Å². The summed E-state index contributed by atoms with van der Waals surface area (Å²) < 4.78 is 43.2. The Morgan fingerprint density at radius 2 is 1.05 bits per heavy atom. The highest BCUT2D eigenvalue weighted by Crippen LogP contribution is 2.21. The second-order valence-corrected chi connectivity index (χ2v) is 9.51. The molecule has 1 atom stereocenters. The molecule has 0 fully saturated rings. The zero-order chi connectivity index (χ0) is 26.6. The van der Waals surface area contributed by atoms with Crippen LogP contribution in [0.5, 0.6) is 0 Å². The number of hydrogen-bond donors (Lipinski definition) is 0. The van der Waals surface area contributed by atoms with Crippen molar-refractivity contribution in [2.75, 3.05) is 66.0 Å². The van der Waals surface area contributed by atoms with Crippen molar-refractivity contribution in [2.24, 2.45) is 0 Å².